The van der Waals surface area contributed by atoms with Gasteiger partial charge in [0, 0.05) is 12.5 Å². The van der Waals surface area contributed by atoms with Gasteiger partial charge in [-0.1, -0.05) is 40.9 Å². The average Bonchev–Trinajstić information content (AvgIpc) is 2.96. The summed E-state index contributed by atoms with van der Waals surface area (Å²) in [6, 6.07) is 6.68. The Bertz CT molecular complexity index is 585. The summed E-state index contributed by atoms with van der Waals surface area (Å²) >= 11 is 0. The second kappa shape index (κ2) is 5.37. The summed E-state index contributed by atoms with van der Waals surface area (Å²) in [6.07, 6.45) is 3.99. The van der Waals surface area contributed by atoms with Crippen molar-refractivity contribution in [2.24, 2.45) is 5.73 Å². The highest BCUT2D eigenvalue weighted by atomic mass is 16.5. The van der Waals surface area contributed by atoms with E-state index in [1.54, 1.807) is 0 Å². The van der Waals surface area contributed by atoms with Gasteiger partial charge in [0.2, 0.25) is 5.89 Å². The highest BCUT2D eigenvalue weighted by molar-refractivity contribution is 5.30. The maximum Gasteiger partial charge on any atom is 0.231 e. The van der Waals surface area contributed by atoms with E-state index in [1.807, 2.05) is 0 Å². The van der Waals surface area contributed by atoms with Crippen molar-refractivity contribution in [2.45, 2.75) is 51.5 Å². The van der Waals surface area contributed by atoms with Gasteiger partial charge in [0.25, 0.3) is 0 Å². The summed E-state index contributed by atoms with van der Waals surface area (Å²) < 4.78 is 5.41. The van der Waals surface area contributed by atoms with Crippen LogP contribution in [-0.4, -0.2) is 16.2 Å². The van der Waals surface area contributed by atoms with Gasteiger partial charge in [-0.2, -0.15) is 4.98 Å². The van der Waals surface area contributed by atoms with E-state index in [-0.39, 0.29) is 12.0 Å². The van der Waals surface area contributed by atoms with E-state index < -0.39 is 0 Å². The normalized spacial score (nSPS) is 22.4. The monoisotopic (exact) mass is 271 g/mol. The molecule has 1 aliphatic carbocycles. The Morgan fingerprint density at radius 2 is 1.95 bits per heavy atom. The molecule has 0 amide bonds. The van der Waals surface area contributed by atoms with Crippen molar-refractivity contribution in [1.29, 1.82) is 0 Å². The lowest BCUT2D eigenvalue weighted by molar-refractivity contribution is 0.342. The maximum absolute atomic E-state index is 6.08. The third kappa shape index (κ3) is 2.75. The molecule has 1 fully saturated rings. The zero-order chi connectivity index (χ0) is 14.1. The van der Waals surface area contributed by atoms with Crippen molar-refractivity contribution in [1.82, 2.24) is 10.1 Å². The predicted octanol–water partition coefficient (Wildman–Crippen LogP) is 2.87. The molecule has 1 aliphatic rings. The first-order valence-electron chi connectivity index (χ1n) is 7.27. The summed E-state index contributed by atoms with van der Waals surface area (Å²) in [6.45, 7) is 4.21. The molecule has 1 aromatic carbocycles. The van der Waals surface area contributed by atoms with Crippen molar-refractivity contribution in [2.75, 3.05) is 0 Å². The van der Waals surface area contributed by atoms with Gasteiger partial charge < -0.3 is 10.3 Å². The largest absolute Gasteiger partial charge is 0.339 e. The maximum atomic E-state index is 6.08. The molecule has 20 heavy (non-hydrogen) atoms. The van der Waals surface area contributed by atoms with Crippen LogP contribution in [0.1, 0.15) is 53.6 Å². The Morgan fingerprint density at radius 3 is 2.60 bits per heavy atom. The van der Waals surface area contributed by atoms with Gasteiger partial charge in [0.15, 0.2) is 5.82 Å². The Balaban J connectivity index is 1.77. The van der Waals surface area contributed by atoms with Crippen LogP contribution in [-0.2, 0) is 6.42 Å². The highest BCUT2D eigenvalue weighted by Gasteiger charge is 2.30. The first-order chi connectivity index (χ1) is 9.61. The lowest BCUT2D eigenvalue weighted by Crippen LogP contribution is -2.22. The Morgan fingerprint density at radius 1 is 1.20 bits per heavy atom. The molecule has 2 aromatic rings. The minimum absolute atomic E-state index is 0.171. The van der Waals surface area contributed by atoms with Crippen LogP contribution >= 0.6 is 0 Å². The van der Waals surface area contributed by atoms with Gasteiger partial charge in [-0.05, 0) is 32.3 Å². The fourth-order valence-electron chi connectivity index (χ4n) is 3.14. The second-order valence-electron chi connectivity index (χ2n) is 5.92. The fourth-order valence-corrected chi connectivity index (χ4v) is 3.14. The highest BCUT2D eigenvalue weighted by Crippen LogP contribution is 2.32. The van der Waals surface area contributed by atoms with Gasteiger partial charge >= 0.3 is 0 Å². The van der Waals surface area contributed by atoms with Gasteiger partial charge in [0.05, 0.1) is 5.92 Å². The van der Waals surface area contributed by atoms with Crippen LogP contribution in [0.5, 0.6) is 0 Å². The van der Waals surface area contributed by atoms with Gasteiger partial charge in [-0.15, -0.1) is 0 Å². The van der Waals surface area contributed by atoms with Crippen molar-refractivity contribution in [3.05, 3.63) is 46.6 Å². The van der Waals surface area contributed by atoms with Gasteiger partial charge in [0.1, 0.15) is 0 Å². The summed E-state index contributed by atoms with van der Waals surface area (Å²) in [5, 5.41) is 4.11. The molecule has 0 radical (unpaired) electrons. The molecule has 2 N–H and O–H groups in total. The van der Waals surface area contributed by atoms with Crippen molar-refractivity contribution in [3.63, 3.8) is 0 Å². The average molecular weight is 271 g/mol. The fraction of sp³-hybridized carbons (Fsp3) is 0.500. The van der Waals surface area contributed by atoms with Crippen molar-refractivity contribution in [3.8, 4) is 0 Å². The van der Waals surface area contributed by atoms with E-state index in [9.17, 15) is 0 Å². The van der Waals surface area contributed by atoms with Gasteiger partial charge in [-0.3, -0.25) is 0 Å². The minimum Gasteiger partial charge on any atom is -0.339 e. The van der Waals surface area contributed by atoms with Gasteiger partial charge in [-0.25, -0.2) is 0 Å². The summed E-state index contributed by atoms with van der Waals surface area (Å²) in [7, 11) is 0. The molecule has 0 bridgehead atoms. The molecule has 1 heterocycles. The van der Waals surface area contributed by atoms with Crippen molar-refractivity contribution < 1.29 is 4.52 Å². The van der Waals surface area contributed by atoms with E-state index in [0.29, 0.717) is 6.42 Å². The number of aryl methyl sites for hydroxylation is 2. The Hall–Kier alpha value is -1.68. The molecular formula is C16H21N3O. The molecule has 0 saturated heterocycles. The molecule has 106 valence electrons. The SMILES string of the molecule is Cc1cc(C)cc(Cc2noc(C3CCCC3N)n2)c1. The van der Waals surface area contributed by atoms with Crippen LogP contribution in [0.25, 0.3) is 0 Å². The van der Waals surface area contributed by atoms with E-state index in [0.717, 1.165) is 31.0 Å². The van der Waals surface area contributed by atoms with E-state index in [4.69, 9.17) is 10.3 Å². The number of nitrogens with zero attached hydrogens (tertiary/aromatic N) is 2. The van der Waals surface area contributed by atoms with Crippen LogP contribution in [0.2, 0.25) is 0 Å². The standard InChI is InChI=1S/C16H21N3O/c1-10-6-11(2)8-12(7-10)9-15-18-16(20-19-15)13-4-3-5-14(13)17/h6-8,13-14H,3-5,9,17H2,1-2H3. The van der Waals surface area contributed by atoms with Crippen LogP contribution in [0, 0.1) is 13.8 Å². The molecule has 3 rings (SSSR count). The molecule has 4 heteroatoms. The van der Waals surface area contributed by atoms with Crippen LogP contribution in [0.15, 0.2) is 22.7 Å². The topological polar surface area (TPSA) is 64.9 Å². The summed E-state index contributed by atoms with van der Waals surface area (Å²) in [5.74, 6) is 1.72. The predicted molar refractivity (Wildman–Crippen MR) is 77.6 cm³/mol. The Kier molecular flexibility index (Phi) is 3.57. The lowest BCUT2D eigenvalue weighted by atomic mass is 10.0. The Labute approximate surface area is 119 Å². The third-order valence-electron chi connectivity index (χ3n) is 4.01. The van der Waals surface area contributed by atoms with E-state index in [2.05, 4.69) is 42.2 Å². The molecule has 0 aliphatic heterocycles. The molecule has 2 atom stereocenters. The summed E-state index contributed by atoms with van der Waals surface area (Å²) in [5.41, 5.74) is 9.84. The minimum atomic E-state index is 0.171. The smallest absolute Gasteiger partial charge is 0.231 e. The lowest BCUT2D eigenvalue weighted by Gasteiger charge is -2.08. The molecule has 4 nitrogen and oxygen atoms in total. The molecule has 1 aromatic heterocycles. The number of nitrogens with two attached hydrogens (primary N) is 1. The summed E-state index contributed by atoms with van der Waals surface area (Å²) in [4.78, 5) is 4.54. The number of aromatic nitrogens is 2. The van der Waals surface area contributed by atoms with Crippen LogP contribution < -0.4 is 5.73 Å². The third-order valence-corrected chi connectivity index (χ3v) is 4.01. The number of rotatable bonds is 3. The quantitative estimate of drug-likeness (QED) is 0.932. The molecule has 0 spiro atoms. The van der Waals surface area contributed by atoms with E-state index in [1.165, 1.54) is 16.7 Å². The second-order valence-corrected chi connectivity index (χ2v) is 5.92. The first-order valence-corrected chi connectivity index (χ1v) is 7.27. The van der Waals surface area contributed by atoms with Crippen LogP contribution in [0.3, 0.4) is 0 Å². The first kappa shape index (κ1) is 13.3. The number of hydrogen-bond acceptors (Lipinski definition) is 4. The number of benzene rings is 1. The van der Waals surface area contributed by atoms with Crippen LogP contribution in [0.4, 0.5) is 0 Å². The molecular weight excluding hydrogens is 250 g/mol. The number of hydrogen-bond donors (Lipinski definition) is 1. The van der Waals surface area contributed by atoms with Crippen molar-refractivity contribution >= 4 is 0 Å². The zero-order valence-electron chi connectivity index (χ0n) is 12.1. The molecule has 2 unspecified atom stereocenters. The van der Waals surface area contributed by atoms with E-state index >= 15 is 0 Å². The zero-order valence-corrected chi connectivity index (χ0v) is 12.1. The molecule has 1 saturated carbocycles.